The van der Waals surface area contributed by atoms with Gasteiger partial charge in [0.15, 0.2) is 5.03 Å². The van der Waals surface area contributed by atoms with Crippen LogP contribution in [0.3, 0.4) is 0 Å². The molecule has 0 spiro atoms. The molecule has 1 unspecified atom stereocenters. The molecule has 0 aliphatic heterocycles. The Hall–Kier alpha value is -0.920. The quantitative estimate of drug-likeness (QED) is 0.679. The van der Waals surface area contributed by atoms with Crippen molar-refractivity contribution in [2.45, 2.75) is 58.1 Å². The predicted molar refractivity (Wildman–Crippen MR) is 82.4 cm³/mol. The SMILES string of the molecule is Cc1[nH]nc(S(=O)(=O)NCC(C)C(C)C)c1CNC1CC1. The van der Waals surface area contributed by atoms with Gasteiger partial charge in [0.1, 0.15) is 0 Å². The van der Waals surface area contributed by atoms with Gasteiger partial charge in [0.05, 0.1) is 0 Å². The Kier molecular flexibility index (Phi) is 5.06. The van der Waals surface area contributed by atoms with Crippen LogP contribution in [0.4, 0.5) is 0 Å². The van der Waals surface area contributed by atoms with Gasteiger partial charge in [0, 0.05) is 30.4 Å². The lowest BCUT2D eigenvalue weighted by molar-refractivity contribution is 0.414. The third-order valence-corrected chi connectivity index (χ3v) is 5.56. The molecule has 0 saturated heterocycles. The summed E-state index contributed by atoms with van der Waals surface area (Å²) in [4.78, 5) is 0. The summed E-state index contributed by atoms with van der Waals surface area (Å²) in [5, 5.41) is 10.3. The van der Waals surface area contributed by atoms with Crippen LogP contribution in [0.25, 0.3) is 0 Å². The molecule has 6 nitrogen and oxygen atoms in total. The Morgan fingerprint density at radius 2 is 2.00 bits per heavy atom. The van der Waals surface area contributed by atoms with E-state index in [1.165, 1.54) is 12.8 Å². The number of H-pyrrole nitrogens is 1. The average Bonchev–Trinajstić information content (AvgIpc) is 3.16. The Labute approximate surface area is 127 Å². The van der Waals surface area contributed by atoms with Gasteiger partial charge in [-0.25, -0.2) is 13.1 Å². The molecule has 1 aromatic heterocycles. The first-order valence-corrected chi connectivity index (χ1v) is 9.06. The first-order chi connectivity index (χ1) is 9.81. The van der Waals surface area contributed by atoms with Crippen LogP contribution < -0.4 is 10.0 Å². The van der Waals surface area contributed by atoms with Gasteiger partial charge in [-0.05, 0) is 31.6 Å². The fourth-order valence-electron chi connectivity index (χ4n) is 1.94. The van der Waals surface area contributed by atoms with Gasteiger partial charge in [0.25, 0.3) is 10.0 Å². The van der Waals surface area contributed by atoms with Gasteiger partial charge in [-0.3, -0.25) is 5.10 Å². The molecule has 1 fully saturated rings. The highest BCUT2D eigenvalue weighted by Crippen LogP contribution is 2.22. The highest BCUT2D eigenvalue weighted by molar-refractivity contribution is 7.89. The van der Waals surface area contributed by atoms with E-state index in [2.05, 4.69) is 34.1 Å². The molecule has 7 heteroatoms. The summed E-state index contributed by atoms with van der Waals surface area (Å²) in [6.45, 7) is 9.04. The summed E-state index contributed by atoms with van der Waals surface area (Å²) >= 11 is 0. The first kappa shape index (κ1) is 16.5. The normalized spacial score (nSPS) is 17.4. The van der Waals surface area contributed by atoms with Crippen LogP contribution in [0.5, 0.6) is 0 Å². The molecular formula is C14H26N4O2S. The number of nitrogens with zero attached hydrogens (tertiary/aromatic N) is 1. The summed E-state index contributed by atoms with van der Waals surface area (Å²) in [6, 6.07) is 0.531. The average molecular weight is 314 g/mol. The van der Waals surface area contributed by atoms with Crippen molar-refractivity contribution in [2.75, 3.05) is 6.54 Å². The highest BCUT2D eigenvalue weighted by Gasteiger charge is 2.26. The zero-order valence-corrected chi connectivity index (χ0v) is 14.0. The summed E-state index contributed by atoms with van der Waals surface area (Å²) in [5.41, 5.74) is 1.55. The van der Waals surface area contributed by atoms with Gasteiger partial charge in [-0.15, -0.1) is 0 Å². The summed E-state index contributed by atoms with van der Waals surface area (Å²) in [6.07, 6.45) is 2.34. The molecule has 1 aromatic rings. The molecule has 0 radical (unpaired) electrons. The van der Waals surface area contributed by atoms with Crippen LogP contribution in [-0.2, 0) is 16.6 Å². The monoisotopic (exact) mass is 314 g/mol. The number of aromatic nitrogens is 2. The van der Waals surface area contributed by atoms with Crippen LogP contribution in [0, 0.1) is 18.8 Å². The Morgan fingerprint density at radius 3 is 2.57 bits per heavy atom. The van der Waals surface area contributed by atoms with Crippen molar-refractivity contribution in [3.63, 3.8) is 0 Å². The number of nitrogens with one attached hydrogen (secondary N) is 3. The molecule has 2 rings (SSSR count). The van der Waals surface area contributed by atoms with Crippen molar-refractivity contribution in [3.8, 4) is 0 Å². The minimum absolute atomic E-state index is 0.129. The summed E-state index contributed by atoms with van der Waals surface area (Å²) in [5.74, 6) is 0.720. The lowest BCUT2D eigenvalue weighted by Crippen LogP contribution is -2.31. The van der Waals surface area contributed by atoms with Crippen molar-refractivity contribution in [1.29, 1.82) is 0 Å². The number of sulfonamides is 1. The van der Waals surface area contributed by atoms with E-state index in [0.29, 0.717) is 25.0 Å². The molecule has 1 saturated carbocycles. The van der Waals surface area contributed by atoms with E-state index >= 15 is 0 Å². The van der Waals surface area contributed by atoms with Gasteiger partial charge in [-0.1, -0.05) is 20.8 Å². The number of aromatic amines is 1. The van der Waals surface area contributed by atoms with Gasteiger partial charge in [-0.2, -0.15) is 5.10 Å². The molecule has 1 aliphatic rings. The third kappa shape index (κ3) is 4.28. The Morgan fingerprint density at radius 1 is 1.33 bits per heavy atom. The number of hydrogen-bond donors (Lipinski definition) is 3. The van der Waals surface area contributed by atoms with E-state index in [1.807, 2.05) is 13.8 Å². The maximum Gasteiger partial charge on any atom is 0.260 e. The van der Waals surface area contributed by atoms with Crippen molar-refractivity contribution in [3.05, 3.63) is 11.3 Å². The first-order valence-electron chi connectivity index (χ1n) is 7.58. The fourth-order valence-corrected chi connectivity index (χ4v) is 3.27. The van der Waals surface area contributed by atoms with Crippen LogP contribution in [0.2, 0.25) is 0 Å². The minimum atomic E-state index is -3.56. The zero-order chi connectivity index (χ0) is 15.6. The van der Waals surface area contributed by atoms with E-state index in [4.69, 9.17) is 0 Å². The Balaban J connectivity index is 2.07. The van der Waals surface area contributed by atoms with Crippen LogP contribution >= 0.6 is 0 Å². The second-order valence-corrected chi connectivity index (χ2v) is 8.04. The number of rotatable bonds is 8. The largest absolute Gasteiger partial charge is 0.310 e. The molecule has 3 N–H and O–H groups in total. The van der Waals surface area contributed by atoms with Crippen molar-refractivity contribution < 1.29 is 8.42 Å². The molecule has 21 heavy (non-hydrogen) atoms. The molecular weight excluding hydrogens is 288 g/mol. The second-order valence-electron chi connectivity index (χ2n) is 6.36. The Bertz CT molecular complexity index is 576. The van der Waals surface area contributed by atoms with Crippen molar-refractivity contribution in [1.82, 2.24) is 20.2 Å². The minimum Gasteiger partial charge on any atom is -0.310 e. The molecule has 0 aromatic carbocycles. The predicted octanol–water partition coefficient (Wildman–Crippen LogP) is 1.54. The molecule has 1 atom stereocenters. The highest BCUT2D eigenvalue weighted by atomic mass is 32.2. The van der Waals surface area contributed by atoms with Gasteiger partial charge >= 0.3 is 0 Å². The number of aryl methyl sites for hydroxylation is 1. The van der Waals surface area contributed by atoms with E-state index in [1.54, 1.807) is 0 Å². The van der Waals surface area contributed by atoms with Gasteiger partial charge in [0.2, 0.25) is 0 Å². The number of hydrogen-bond acceptors (Lipinski definition) is 4. The van der Waals surface area contributed by atoms with Crippen LogP contribution in [-0.4, -0.2) is 31.2 Å². The lowest BCUT2D eigenvalue weighted by Gasteiger charge is -2.16. The second kappa shape index (κ2) is 6.46. The fraction of sp³-hybridized carbons (Fsp3) is 0.786. The standard InChI is InChI=1S/C14H26N4O2S/c1-9(2)10(3)7-16-21(19,20)14-13(11(4)17-18-14)8-15-12-5-6-12/h9-10,12,15-16H,5-8H2,1-4H3,(H,17,18). The molecule has 1 heterocycles. The topological polar surface area (TPSA) is 86.9 Å². The van der Waals surface area contributed by atoms with E-state index in [0.717, 1.165) is 11.3 Å². The van der Waals surface area contributed by atoms with E-state index < -0.39 is 10.0 Å². The van der Waals surface area contributed by atoms with E-state index in [9.17, 15) is 8.42 Å². The molecule has 0 bridgehead atoms. The van der Waals surface area contributed by atoms with E-state index in [-0.39, 0.29) is 10.9 Å². The van der Waals surface area contributed by atoms with Crippen LogP contribution in [0.15, 0.2) is 5.03 Å². The maximum absolute atomic E-state index is 12.4. The lowest BCUT2D eigenvalue weighted by atomic mass is 9.99. The molecule has 120 valence electrons. The van der Waals surface area contributed by atoms with Gasteiger partial charge < -0.3 is 5.32 Å². The molecule has 1 aliphatic carbocycles. The zero-order valence-electron chi connectivity index (χ0n) is 13.2. The van der Waals surface area contributed by atoms with Crippen molar-refractivity contribution in [2.24, 2.45) is 11.8 Å². The summed E-state index contributed by atoms with van der Waals surface area (Å²) in [7, 11) is -3.56. The molecule has 0 amide bonds. The van der Waals surface area contributed by atoms with Crippen LogP contribution in [0.1, 0.15) is 44.9 Å². The third-order valence-electron chi connectivity index (χ3n) is 4.17. The smallest absolute Gasteiger partial charge is 0.260 e. The maximum atomic E-state index is 12.4. The summed E-state index contributed by atoms with van der Waals surface area (Å²) < 4.78 is 27.5. The van der Waals surface area contributed by atoms with Crippen molar-refractivity contribution >= 4 is 10.0 Å².